The standard InChI is InChI=1S/C26H31NO5/c1-6-31-23(29)26(5)17-21(27(22(26)28)24(30)32-25(2,3)4)16-18-12-14-20(15-13-18)19-10-8-7-9-11-19/h7-15,21H,6,16-17H2,1-5H3/t21-,26-/m1/s1. The Morgan fingerprint density at radius 2 is 1.62 bits per heavy atom. The Hall–Kier alpha value is -3.15. The highest BCUT2D eigenvalue weighted by atomic mass is 16.6. The molecule has 2 atom stereocenters. The lowest BCUT2D eigenvalue weighted by molar-refractivity contribution is -0.159. The summed E-state index contributed by atoms with van der Waals surface area (Å²) in [7, 11) is 0. The van der Waals surface area contributed by atoms with Crippen molar-refractivity contribution in [1.82, 2.24) is 4.90 Å². The second kappa shape index (κ2) is 9.15. The van der Waals surface area contributed by atoms with Gasteiger partial charge in [-0.1, -0.05) is 54.6 Å². The normalized spacial score (nSPS) is 20.8. The second-order valence-corrected chi connectivity index (χ2v) is 9.33. The second-order valence-electron chi connectivity index (χ2n) is 9.33. The van der Waals surface area contributed by atoms with E-state index in [0.717, 1.165) is 21.6 Å². The molecule has 1 aliphatic heterocycles. The number of likely N-dealkylation sites (tertiary alicyclic amines) is 1. The van der Waals surface area contributed by atoms with Crippen LogP contribution in [-0.4, -0.2) is 41.1 Å². The average molecular weight is 438 g/mol. The molecule has 2 aromatic rings. The molecule has 2 amide bonds. The van der Waals surface area contributed by atoms with E-state index in [9.17, 15) is 14.4 Å². The molecule has 6 heteroatoms. The predicted molar refractivity (Wildman–Crippen MR) is 122 cm³/mol. The van der Waals surface area contributed by atoms with Gasteiger partial charge in [-0.25, -0.2) is 9.69 Å². The van der Waals surface area contributed by atoms with Gasteiger partial charge >= 0.3 is 12.1 Å². The van der Waals surface area contributed by atoms with Gasteiger partial charge in [-0.3, -0.25) is 9.59 Å². The highest BCUT2D eigenvalue weighted by molar-refractivity contribution is 6.09. The number of ether oxygens (including phenoxy) is 2. The Bertz CT molecular complexity index is 978. The molecule has 3 rings (SSSR count). The van der Waals surface area contributed by atoms with E-state index >= 15 is 0 Å². The topological polar surface area (TPSA) is 72.9 Å². The molecular weight excluding hydrogens is 406 g/mol. The molecule has 170 valence electrons. The maximum absolute atomic E-state index is 13.2. The van der Waals surface area contributed by atoms with Gasteiger partial charge in [-0.05, 0) is 64.2 Å². The van der Waals surface area contributed by atoms with Crippen LogP contribution in [0.2, 0.25) is 0 Å². The Labute approximate surface area is 189 Å². The van der Waals surface area contributed by atoms with Crippen molar-refractivity contribution in [3.8, 4) is 11.1 Å². The van der Waals surface area contributed by atoms with Crippen molar-refractivity contribution in [2.75, 3.05) is 6.61 Å². The number of carbonyl (C=O) groups excluding carboxylic acids is 3. The van der Waals surface area contributed by atoms with Crippen molar-refractivity contribution < 1.29 is 23.9 Å². The Morgan fingerprint density at radius 3 is 2.19 bits per heavy atom. The van der Waals surface area contributed by atoms with Gasteiger partial charge in [0.15, 0.2) is 0 Å². The Morgan fingerprint density at radius 1 is 1.03 bits per heavy atom. The van der Waals surface area contributed by atoms with Crippen LogP contribution in [0.4, 0.5) is 4.79 Å². The van der Waals surface area contributed by atoms with Crippen molar-refractivity contribution in [2.24, 2.45) is 5.41 Å². The molecule has 1 aliphatic rings. The van der Waals surface area contributed by atoms with Gasteiger partial charge in [-0.15, -0.1) is 0 Å². The van der Waals surface area contributed by atoms with Crippen LogP contribution in [0.25, 0.3) is 11.1 Å². The molecule has 6 nitrogen and oxygen atoms in total. The molecule has 1 saturated heterocycles. The molecule has 1 fully saturated rings. The summed E-state index contributed by atoms with van der Waals surface area (Å²) in [6.07, 6.45) is -0.124. The number of esters is 1. The molecule has 0 bridgehead atoms. The third-order valence-corrected chi connectivity index (χ3v) is 5.55. The Balaban J connectivity index is 1.86. The lowest BCUT2D eigenvalue weighted by Gasteiger charge is -2.27. The predicted octanol–water partition coefficient (Wildman–Crippen LogP) is 5.00. The molecule has 1 heterocycles. The lowest BCUT2D eigenvalue weighted by Crippen LogP contribution is -2.46. The number of carbonyl (C=O) groups is 3. The van der Waals surface area contributed by atoms with Crippen LogP contribution >= 0.6 is 0 Å². The van der Waals surface area contributed by atoms with Gasteiger partial charge in [0.1, 0.15) is 11.0 Å². The molecule has 32 heavy (non-hydrogen) atoms. The van der Waals surface area contributed by atoms with E-state index in [4.69, 9.17) is 9.47 Å². The van der Waals surface area contributed by atoms with E-state index in [1.54, 1.807) is 34.6 Å². The molecular formula is C26H31NO5. The van der Waals surface area contributed by atoms with Gasteiger partial charge in [0.2, 0.25) is 5.91 Å². The van der Waals surface area contributed by atoms with E-state index in [-0.39, 0.29) is 13.0 Å². The van der Waals surface area contributed by atoms with E-state index in [2.05, 4.69) is 0 Å². The summed E-state index contributed by atoms with van der Waals surface area (Å²) in [6.45, 7) is 8.63. The molecule has 0 saturated carbocycles. The minimum absolute atomic E-state index is 0.166. The summed E-state index contributed by atoms with van der Waals surface area (Å²) in [5.74, 6) is -1.18. The molecule has 0 N–H and O–H groups in total. The van der Waals surface area contributed by atoms with Crippen LogP contribution in [-0.2, 0) is 25.5 Å². The summed E-state index contributed by atoms with van der Waals surface area (Å²) >= 11 is 0. The van der Waals surface area contributed by atoms with Crippen molar-refractivity contribution in [1.29, 1.82) is 0 Å². The van der Waals surface area contributed by atoms with Crippen molar-refractivity contribution in [3.63, 3.8) is 0 Å². The van der Waals surface area contributed by atoms with Gasteiger partial charge < -0.3 is 9.47 Å². The quantitative estimate of drug-likeness (QED) is 0.486. The minimum Gasteiger partial charge on any atom is -0.465 e. The van der Waals surface area contributed by atoms with Crippen LogP contribution in [0.15, 0.2) is 54.6 Å². The van der Waals surface area contributed by atoms with Gasteiger partial charge in [0, 0.05) is 6.04 Å². The van der Waals surface area contributed by atoms with Gasteiger partial charge in [0.25, 0.3) is 0 Å². The monoisotopic (exact) mass is 437 g/mol. The third-order valence-electron chi connectivity index (χ3n) is 5.55. The highest BCUT2D eigenvalue weighted by Gasteiger charge is 2.57. The third kappa shape index (κ3) is 5.01. The summed E-state index contributed by atoms with van der Waals surface area (Å²) in [4.78, 5) is 39.9. The SMILES string of the molecule is CCOC(=O)[C@]1(C)C[C@@H](Cc2ccc(-c3ccccc3)cc2)N(C(=O)OC(C)(C)C)C1=O. The minimum atomic E-state index is -1.42. The van der Waals surface area contributed by atoms with Crippen molar-refractivity contribution in [3.05, 3.63) is 60.2 Å². The fraction of sp³-hybridized carbons (Fsp3) is 0.423. The van der Waals surface area contributed by atoms with Crippen molar-refractivity contribution in [2.45, 2.75) is 59.1 Å². The summed E-state index contributed by atoms with van der Waals surface area (Å²) in [5.41, 5.74) is 0.978. The van der Waals surface area contributed by atoms with E-state index in [1.807, 2.05) is 54.6 Å². The summed E-state index contributed by atoms with van der Waals surface area (Å²) in [5, 5.41) is 0. The van der Waals surface area contributed by atoms with Crippen molar-refractivity contribution >= 4 is 18.0 Å². The largest absolute Gasteiger partial charge is 0.465 e. The van der Waals surface area contributed by atoms with Gasteiger partial charge in [0.05, 0.1) is 6.61 Å². The van der Waals surface area contributed by atoms with Gasteiger partial charge in [-0.2, -0.15) is 0 Å². The van der Waals surface area contributed by atoms with E-state index < -0.39 is 35.0 Å². The van der Waals surface area contributed by atoms with Crippen LogP contribution in [0.5, 0.6) is 0 Å². The van der Waals surface area contributed by atoms with Crippen LogP contribution in [0.3, 0.4) is 0 Å². The zero-order valence-electron chi connectivity index (χ0n) is 19.4. The van der Waals surface area contributed by atoms with Crippen LogP contribution < -0.4 is 0 Å². The number of benzene rings is 2. The number of nitrogens with zero attached hydrogens (tertiary/aromatic N) is 1. The zero-order chi connectivity index (χ0) is 23.5. The fourth-order valence-corrected chi connectivity index (χ4v) is 3.99. The first-order valence-corrected chi connectivity index (χ1v) is 10.9. The molecule has 0 unspecified atom stereocenters. The first-order valence-electron chi connectivity index (χ1n) is 10.9. The molecule has 2 aromatic carbocycles. The number of imide groups is 1. The first kappa shape index (κ1) is 23.5. The lowest BCUT2D eigenvalue weighted by atomic mass is 9.86. The summed E-state index contributed by atoms with van der Waals surface area (Å²) < 4.78 is 10.6. The molecule has 0 radical (unpaired) electrons. The first-order chi connectivity index (χ1) is 15.0. The fourth-order valence-electron chi connectivity index (χ4n) is 3.99. The number of hydrogen-bond donors (Lipinski definition) is 0. The smallest absolute Gasteiger partial charge is 0.417 e. The average Bonchev–Trinajstić information content (AvgIpc) is 2.99. The van der Waals surface area contributed by atoms with Crippen LogP contribution in [0, 0.1) is 5.41 Å². The van der Waals surface area contributed by atoms with E-state index in [0.29, 0.717) is 6.42 Å². The maximum Gasteiger partial charge on any atom is 0.417 e. The number of amides is 2. The highest BCUT2D eigenvalue weighted by Crippen LogP contribution is 2.39. The molecule has 0 spiro atoms. The molecule has 0 aliphatic carbocycles. The van der Waals surface area contributed by atoms with Crippen LogP contribution in [0.1, 0.15) is 46.6 Å². The zero-order valence-corrected chi connectivity index (χ0v) is 19.4. The number of hydrogen-bond acceptors (Lipinski definition) is 5. The summed E-state index contributed by atoms with van der Waals surface area (Å²) in [6, 6.07) is 17.5. The maximum atomic E-state index is 13.2. The van der Waals surface area contributed by atoms with E-state index in [1.165, 1.54) is 0 Å². The molecule has 0 aromatic heterocycles. The number of rotatable bonds is 5. The Kier molecular flexibility index (Phi) is 6.72.